The Morgan fingerprint density at radius 3 is 2.76 bits per heavy atom. The van der Waals surface area contributed by atoms with Crippen molar-refractivity contribution in [3.63, 3.8) is 0 Å². The highest BCUT2D eigenvalue weighted by Gasteiger charge is 2.12. The predicted molar refractivity (Wildman–Crippen MR) is 62.8 cm³/mol. The Morgan fingerprint density at radius 2 is 2.12 bits per heavy atom. The number of halogens is 1. The monoisotopic (exact) mass is 257 g/mol. The summed E-state index contributed by atoms with van der Waals surface area (Å²) in [4.78, 5) is 22.4. The van der Waals surface area contributed by atoms with Crippen LogP contribution in [-0.2, 0) is 14.3 Å². The number of anilines is 1. The molecule has 0 saturated carbocycles. The summed E-state index contributed by atoms with van der Waals surface area (Å²) in [5, 5.41) is 0.388. The maximum Gasteiger partial charge on any atom is 0.340 e. The zero-order valence-corrected chi connectivity index (χ0v) is 9.99. The van der Waals surface area contributed by atoms with Crippen LogP contribution >= 0.6 is 11.6 Å². The summed E-state index contributed by atoms with van der Waals surface area (Å²) >= 11 is 5.73. The molecule has 0 aromatic heterocycles. The minimum atomic E-state index is -0.617. The molecule has 0 aliphatic heterocycles. The van der Waals surface area contributed by atoms with Crippen LogP contribution in [0.4, 0.5) is 5.69 Å². The lowest BCUT2D eigenvalue weighted by atomic mass is 10.2. The molecule has 0 amide bonds. The minimum absolute atomic E-state index is 0.00269. The van der Waals surface area contributed by atoms with E-state index in [0.717, 1.165) is 0 Å². The van der Waals surface area contributed by atoms with Gasteiger partial charge in [0.05, 0.1) is 19.1 Å². The molecule has 6 heteroatoms. The van der Waals surface area contributed by atoms with E-state index >= 15 is 0 Å². The third-order valence-electron chi connectivity index (χ3n) is 2.00. The Kier molecular flexibility index (Phi) is 4.78. The lowest BCUT2D eigenvalue weighted by Gasteiger charge is -2.06. The van der Waals surface area contributed by atoms with Gasteiger partial charge in [-0.1, -0.05) is 11.6 Å². The van der Waals surface area contributed by atoms with Crippen molar-refractivity contribution in [1.29, 1.82) is 0 Å². The molecule has 1 aromatic rings. The van der Waals surface area contributed by atoms with Crippen molar-refractivity contribution < 1.29 is 19.1 Å². The summed E-state index contributed by atoms with van der Waals surface area (Å²) in [5.41, 5.74) is 6.06. The van der Waals surface area contributed by atoms with Crippen LogP contribution in [-0.4, -0.2) is 25.7 Å². The Bertz CT molecular complexity index is 433. The number of esters is 2. The summed E-state index contributed by atoms with van der Waals surface area (Å²) in [6, 6.07) is 4.50. The minimum Gasteiger partial charge on any atom is -0.469 e. The number of nitrogen functional groups attached to an aromatic ring is 1. The van der Waals surface area contributed by atoms with Crippen LogP contribution in [0.3, 0.4) is 0 Å². The standard InChI is InChI=1S/C11H12ClNO4/c1-16-10(14)4-5-17-11(15)8-6-7(12)2-3-9(8)13/h2-3,6H,4-5,13H2,1H3. The molecular weight excluding hydrogens is 246 g/mol. The van der Waals surface area contributed by atoms with E-state index in [1.807, 2.05) is 0 Å². The number of hydrogen-bond donors (Lipinski definition) is 1. The van der Waals surface area contributed by atoms with Crippen molar-refractivity contribution in [2.75, 3.05) is 19.5 Å². The third kappa shape index (κ3) is 3.96. The van der Waals surface area contributed by atoms with Gasteiger partial charge >= 0.3 is 11.9 Å². The molecule has 1 aromatic carbocycles. The van der Waals surface area contributed by atoms with Gasteiger partial charge in [0.2, 0.25) is 0 Å². The second-order valence-corrected chi connectivity index (χ2v) is 3.63. The van der Waals surface area contributed by atoms with Crippen LogP contribution < -0.4 is 5.73 Å². The van der Waals surface area contributed by atoms with Crippen LogP contribution in [0.1, 0.15) is 16.8 Å². The summed E-state index contributed by atoms with van der Waals surface area (Å²) in [7, 11) is 1.26. The Morgan fingerprint density at radius 1 is 1.41 bits per heavy atom. The first-order chi connectivity index (χ1) is 8.04. The molecule has 0 spiro atoms. The zero-order valence-electron chi connectivity index (χ0n) is 9.23. The van der Waals surface area contributed by atoms with Gasteiger partial charge in [-0.25, -0.2) is 4.79 Å². The van der Waals surface area contributed by atoms with Crippen molar-refractivity contribution in [1.82, 2.24) is 0 Å². The van der Waals surface area contributed by atoms with E-state index in [4.69, 9.17) is 22.1 Å². The fourth-order valence-electron chi connectivity index (χ4n) is 1.11. The topological polar surface area (TPSA) is 78.6 Å². The fourth-order valence-corrected chi connectivity index (χ4v) is 1.28. The number of ether oxygens (including phenoxy) is 2. The lowest BCUT2D eigenvalue weighted by Crippen LogP contribution is -2.12. The highest BCUT2D eigenvalue weighted by atomic mass is 35.5. The number of rotatable bonds is 4. The van der Waals surface area contributed by atoms with Crippen LogP contribution in [0.15, 0.2) is 18.2 Å². The van der Waals surface area contributed by atoms with Gasteiger partial charge in [-0.05, 0) is 18.2 Å². The van der Waals surface area contributed by atoms with E-state index in [2.05, 4.69) is 4.74 Å². The number of methoxy groups -OCH3 is 1. The summed E-state index contributed by atoms with van der Waals surface area (Å²) in [6.45, 7) is -0.0581. The lowest BCUT2D eigenvalue weighted by molar-refractivity contribution is -0.141. The molecule has 0 saturated heterocycles. The van der Waals surface area contributed by atoms with Crippen molar-refractivity contribution in [3.8, 4) is 0 Å². The quantitative estimate of drug-likeness (QED) is 0.655. The molecular formula is C11H12ClNO4. The SMILES string of the molecule is COC(=O)CCOC(=O)c1cc(Cl)ccc1N. The van der Waals surface area contributed by atoms with E-state index < -0.39 is 11.9 Å². The van der Waals surface area contributed by atoms with E-state index in [0.29, 0.717) is 5.02 Å². The zero-order chi connectivity index (χ0) is 12.8. The second kappa shape index (κ2) is 6.10. The van der Waals surface area contributed by atoms with Crippen LogP contribution in [0.5, 0.6) is 0 Å². The summed E-state index contributed by atoms with van der Waals surface area (Å²) < 4.78 is 9.26. The summed E-state index contributed by atoms with van der Waals surface area (Å²) in [5.74, 6) is -1.06. The molecule has 0 fully saturated rings. The molecule has 92 valence electrons. The van der Waals surface area contributed by atoms with Crippen LogP contribution in [0.25, 0.3) is 0 Å². The smallest absolute Gasteiger partial charge is 0.340 e. The van der Waals surface area contributed by atoms with Gasteiger partial charge in [-0.3, -0.25) is 4.79 Å². The van der Waals surface area contributed by atoms with Gasteiger partial charge in [-0.2, -0.15) is 0 Å². The Hall–Kier alpha value is -1.75. The number of hydrogen-bond acceptors (Lipinski definition) is 5. The molecule has 0 atom stereocenters. The first-order valence-electron chi connectivity index (χ1n) is 4.83. The number of benzene rings is 1. The second-order valence-electron chi connectivity index (χ2n) is 3.19. The van der Waals surface area contributed by atoms with E-state index in [-0.39, 0.29) is 24.3 Å². The normalized spacial score (nSPS) is 9.76. The molecule has 0 heterocycles. The molecule has 5 nitrogen and oxygen atoms in total. The summed E-state index contributed by atoms with van der Waals surface area (Å²) in [6.07, 6.45) is 0.00269. The predicted octanol–water partition coefficient (Wildman–Crippen LogP) is 1.64. The van der Waals surface area contributed by atoms with Crippen molar-refractivity contribution in [2.24, 2.45) is 0 Å². The maximum absolute atomic E-state index is 11.6. The number of carbonyl (C=O) groups excluding carboxylic acids is 2. The molecule has 2 N–H and O–H groups in total. The Balaban J connectivity index is 2.58. The van der Waals surface area contributed by atoms with Gasteiger partial charge in [0.1, 0.15) is 6.61 Å². The van der Waals surface area contributed by atoms with Crippen LogP contribution in [0, 0.1) is 0 Å². The highest BCUT2D eigenvalue weighted by Crippen LogP contribution is 2.18. The van der Waals surface area contributed by atoms with Gasteiger partial charge in [0.25, 0.3) is 0 Å². The van der Waals surface area contributed by atoms with Gasteiger partial charge in [0, 0.05) is 10.7 Å². The van der Waals surface area contributed by atoms with Gasteiger partial charge in [-0.15, -0.1) is 0 Å². The molecule has 0 aliphatic carbocycles. The van der Waals surface area contributed by atoms with Crippen molar-refractivity contribution in [2.45, 2.75) is 6.42 Å². The first-order valence-corrected chi connectivity index (χ1v) is 5.21. The third-order valence-corrected chi connectivity index (χ3v) is 2.24. The van der Waals surface area contributed by atoms with E-state index in [9.17, 15) is 9.59 Å². The van der Waals surface area contributed by atoms with E-state index in [1.165, 1.54) is 19.2 Å². The number of carbonyl (C=O) groups is 2. The average molecular weight is 258 g/mol. The largest absolute Gasteiger partial charge is 0.469 e. The van der Waals surface area contributed by atoms with Gasteiger partial charge < -0.3 is 15.2 Å². The molecule has 0 unspecified atom stereocenters. The molecule has 17 heavy (non-hydrogen) atoms. The maximum atomic E-state index is 11.6. The number of nitrogens with two attached hydrogens (primary N) is 1. The molecule has 0 bridgehead atoms. The molecule has 1 rings (SSSR count). The first kappa shape index (κ1) is 13.3. The van der Waals surface area contributed by atoms with Crippen molar-refractivity contribution >= 4 is 29.2 Å². The fraction of sp³-hybridized carbons (Fsp3) is 0.273. The molecule has 0 aliphatic rings. The molecule has 0 radical (unpaired) electrons. The highest BCUT2D eigenvalue weighted by molar-refractivity contribution is 6.31. The average Bonchev–Trinajstić information content (AvgIpc) is 2.31. The van der Waals surface area contributed by atoms with E-state index in [1.54, 1.807) is 6.07 Å². The van der Waals surface area contributed by atoms with Crippen LogP contribution in [0.2, 0.25) is 5.02 Å². The Labute approximate surface area is 103 Å². The van der Waals surface area contributed by atoms with Gasteiger partial charge in [0.15, 0.2) is 0 Å². The van der Waals surface area contributed by atoms with Crippen molar-refractivity contribution in [3.05, 3.63) is 28.8 Å².